The van der Waals surface area contributed by atoms with Gasteiger partial charge in [-0.3, -0.25) is 14.9 Å². The van der Waals surface area contributed by atoms with Crippen molar-refractivity contribution < 1.29 is 23.9 Å². The van der Waals surface area contributed by atoms with Crippen molar-refractivity contribution in [1.29, 1.82) is 0 Å². The van der Waals surface area contributed by atoms with Gasteiger partial charge in [0.1, 0.15) is 0 Å². The lowest BCUT2D eigenvalue weighted by atomic mass is 9.79. The molecule has 1 aliphatic carbocycles. The minimum Gasteiger partial charge on any atom is -0.493 e. The fourth-order valence-electron chi connectivity index (χ4n) is 3.32. The molecule has 1 amide bonds. The smallest absolute Gasteiger partial charge is 0.312 e. The first-order chi connectivity index (χ1) is 14.4. The Hall–Kier alpha value is -2.81. The summed E-state index contributed by atoms with van der Waals surface area (Å²) in [7, 11) is 3.15. The fourth-order valence-corrected chi connectivity index (χ4v) is 3.67. The van der Waals surface area contributed by atoms with E-state index in [1.165, 1.54) is 12.1 Å². The topological polar surface area (TPSA) is 99.9 Å². The van der Waals surface area contributed by atoms with Gasteiger partial charge in [-0.05, 0) is 55.5 Å². The van der Waals surface area contributed by atoms with Gasteiger partial charge < -0.3 is 19.5 Å². The Morgan fingerprint density at radius 1 is 1.13 bits per heavy atom. The van der Waals surface area contributed by atoms with Crippen LogP contribution in [-0.4, -0.2) is 37.2 Å². The number of hydrogen-bond donors (Lipinski definition) is 1. The predicted octanol–water partition coefficient (Wildman–Crippen LogP) is 4.03. The molecule has 8 nitrogen and oxygen atoms in total. The molecule has 0 radical (unpaired) electrons. The molecule has 2 aromatic carbocycles. The summed E-state index contributed by atoms with van der Waals surface area (Å²) in [6.07, 6.45) is 2.46. The van der Waals surface area contributed by atoms with Crippen LogP contribution >= 0.6 is 15.9 Å². The van der Waals surface area contributed by atoms with Gasteiger partial charge in [-0.2, -0.15) is 0 Å². The highest BCUT2D eigenvalue weighted by atomic mass is 79.9. The summed E-state index contributed by atoms with van der Waals surface area (Å²) in [4.78, 5) is 23.7. The van der Waals surface area contributed by atoms with E-state index in [1.54, 1.807) is 20.3 Å². The third-order valence-electron chi connectivity index (χ3n) is 5.15. The molecule has 0 aliphatic heterocycles. The molecule has 0 spiro atoms. The Kier molecular flexibility index (Phi) is 6.81. The van der Waals surface area contributed by atoms with Gasteiger partial charge in [0.2, 0.25) is 0 Å². The van der Waals surface area contributed by atoms with E-state index in [0.717, 1.165) is 12.0 Å². The van der Waals surface area contributed by atoms with Gasteiger partial charge in [0.15, 0.2) is 22.8 Å². The number of hydrogen-bond acceptors (Lipinski definition) is 6. The number of nitrogens with zero attached hydrogens (tertiary/aromatic N) is 1. The van der Waals surface area contributed by atoms with Crippen LogP contribution in [-0.2, 0) is 11.2 Å². The van der Waals surface area contributed by atoms with E-state index in [0.29, 0.717) is 41.8 Å². The Labute approximate surface area is 182 Å². The van der Waals surface area contributed by atoms with Gasteiger partial charge >= 0.3 is 5.69 Å². The number of halogens is 1. The number of carbonyl (C=O) groups is 1. The molecule has 0 heterocycles. The zero-order chi connectivity index (χ0) is 21.7. The highest BCUT2D eigenvalue weighted by Crippen LogP contribution is 2.40. The van der Waals surface area contributed by atoms with Crippen LogP contribution in [0.4, 0.5) is 5.69 Å². The zero-order valence-electron chi connectivity index (χ0n) is 16.8. The molecule has 0 atom stereocenters. The summed E-state index contributed by atoms with van der Waals surface area (Å²) in [5.41, 5.74) is -0.259. The molecule has 0 unspecified atom stereocenters. The molecule has 1 N–H and O–H groups in total. The summed E-state index contributed by atoms with van der Waals surface area (Å²) in [5.74, 6) is 1.11. The minimum atomic E-state index is -1.07. The van der Waals surface area contributed by atoms with Crippen LogP contribution in [0, 0.1) is 10.1 Å². The second kappa shape index (κ2) is 9.34. The van der Waals surface area contributed by atoms with Crippen molar-refractivity contribution in [1.82, 2.24) is 5.32 Å². The molecule has 1 saturated carbocycles. The molecule has 30 heavy (non-hydrogen) atoms. The molecule has 1 aliphatic rings. The Morgan fingerprint density at radius 2 is 1.83 bits per heavy atom. The van der Waals surface area contributed by atoms with Gasteiger partial charge in [-0.1, -0.05) is 22.0 Å². The predicted molar refractivity (Wildman–Crippen MR) is 114 cm³/mol. The third-order valence-corrected chi connectivity index (χ3v) is 5.64. The molecular weight excluding hydrogens is 456 g/mol. The van der Waals surface area contributed by atoms with Crippen molar-refractivity contribution in [3.8, 4) is 17.2 Å². The van der Waals surface area contributed by atoms with E-state index < -0.39 is 10.5 Å². The molecule has 9 heteroatoms. The highest BCUT2D eigenvalue weighted by molar-refractivity contribution is 9.10. The molecule has 1 fully saturated rings. The van der Waals surface area contributed by atoms with Crippen molar-refractivity contribution in [2.45, 2.75) is 31.3 Å². The van der Waals surface area contributed by atoms with Gasteiger partial charge in [0.05, 0.1) is 19.1 Å². The average molecular weight is 479 g/mol. The van der Waals surface area contributed by atoms with E-state index in [-0.39, 0.29) is 17.3 Å². The summed E-state index contributed by atoms with van der Waals surface area (Å²) in [5, 5.41) is 14.3. The van der Waals surface area contributed by atoms with E-state index in [2.05, 4.69) is 21.2 Å². The van der Waals surface area contributed by atoms with Crippen molar-refractivity contribution in [2.24, 2.45) is 0 Å². The second-order valence-electron chi connectivity index (χ2n) is 7.01. The van der Waals surface area contributed by atoms with E-state index in [9.17, 15) is 14.9 Å². The van der Waals surface area contributed by atoms with Crippen LogP contribution in [0.1, 0.15) is 24.8 Å². The van der Waals surface area contributed by atoms with Crippen LogP contribution in [0.25, 0.3) is 0 Å². The maximum absolute atomic E-state index is 12.9. The van der Waals surface area contributed by atoms with Gasteiger partial charge in [0.25, 0.3) is 5.91 Å². The van der Waals surface area contributed by atoms with Crippen LogP contribution in [0.2, 0.25) is 0 Å². The maximum atomic E-state index is 12.9. The van der Waals surface area contributed by atoms with Crippen LogP contribution in [0.3, 0.4) is 0 Å². The molecule has 2 aromatic rings. The first-order valence-corrected chi connectivity index (χ1v) is 10.3. The molecule has 0 bridgehead atoms. The first kappa shape index (κ1) is 21.9. The van der Waals surface area contributed by atoms with Crippen molar-refractivity contribution in [2.75, 3.05) is 20.8 Å². The second-order valence-corrected chi connectivity index (χ2v) is 7.93. The van der Waals surface area contributed by atoms with Gasteiger partial charge in [0, 0.05) is 17.1 Å². The van der Waals surface area contributed by atoms with Crippen LogP contribution in [0.15, 0.2) is 40.9 Å². The van der Waals surface area contributed by atoms with Crippen molar-refractivity contribution in [3.05, 3.63) is 56.5 Å². The summed E-state index contributed by atoms with van der Waals surface area (Å²) < 4.78 is 17.0. The number of rotatable bonds is 9. The van der Waals surface area contributed by atoms with Crippen molar-refractivity contribution in [3.63, 3.8) is 0 Å². The molecule has 0 aromatic heterocycles. The first-order valence-electron chi connectivity index (χ1n) is 9.51. The SMILES string of the molecule is COc1ccc(CCNC(=O)C2(Oc3ccc(Br)cc3[N+](=O)[O-])CCC2)cc1OC. The Morgan fingerprint density at radius 3 is 2.43 bits per heavy atom. The van der Waals surface area contributed by atoms with Crippen LogP contribution in [0.5, 0.6) is 17.2 Å². The number of nitrogens with one attached hydrogen (secondary N) is 1. The largest absolute Gasteiger partial charge is 0.493 e. The molecule has 160 valence electrons. The number of nitro groups is 1. The monoisotopic (exact) mass is 478 g/mol. The normalized spacial score (nSPS) is 14.4. The highest BCUT2D eigenvalue weighted by Gasteiger charge is 2.47. The van der Waals surface area contributed by atoms with E-state index in [4.69, 9.17) is 14.2 Å². The minimum absolute atomic E-state index is 0.0953. The Bertz CT molecular complexity index is 945. The molecular formula is C21H23BrN2O6. The number of carbonyl (C=O) groups excluding carboxylic acids is 1. The van der Waals surface area contributed by atoms with Crippen molar-refractivity contribution >= 4 is 27.5 Å². The molecule has 0 saturated heterocycles. The van der Waals surface area contributed by atoms with E-state index in [1.807, 2.05) is 18.2 Å². The average Bonchev–Trinajstić information content (AvgIpc) is 2.71. The zero-order valence-corrected chi connectivity index (χ0v) is 18.4. The van der Waals surface area contributed by atoms with E-state index >= 15 is 0 Å². The van der Waals surface area contributed by atoms with Gasteiger partial charge in [-0.15, -0.1) is 0 Å². The fraction of sp³-hybridized carbons (Fsp3) is 0.381. The number of ether oxygens (including phenoxy) is 3. The maximum Gasteiger partial charge on any atom is 0.312 e. The number of amides is 1. The molecule has 3 rings (SSSR count). The number of methoxy groups -OCH3 is 2. The lowest BCUT2D eigenvalue weighted by Gasteiger charge is -2.39. The quantitative estimate of drug-likeness (QED) is 0.431. The van der Waals surface area contributed by atoms with Crippen LogP contribution < -0.4 is 19.5 Å². The third kappa shape index (κ3) is 4.67. The number of nitro benzene ring substituents is 1. The summed E-state index contributed by atoms with van der Waals surface area (Å²) >= 11 is 3.22. The summed E-state index contributed by atoms with van der Waals surface area (Å²) in [6.45, 7) is 0.405. The lowest BCUT2D eigenvalue weighted by molar-refractivity contribution is -0.386. The summed E-state index contributed by atoms with van der Waals surface area (Å²) in [6, 6.07) is 10.1. The lowest BCUT2D eigenvalue weighted by Crippen LogP contribution is -2.56. The Balaban J connectivity index is 1.65. The standard InChI is InChI=1S/C21H23BrN2O6/c1-28-18-6-4-14(12-19(18)29-2)8-11-23-20(25)21(9-3-10-21)30-17-7-5-15(22)13-16(17)24(26)27/h4-7,12-13H,3,8-11H2,1-2H3,(H,23,25). The van der Waals surface area contributed by atoms with Gasteiger partial charge in [-0.25, -0.2) is 0 Å². The number of benzene rings is 2.